The Bertz CT molecular complexity index is 369. The maximum atomic E-state index is 12.5. The van der Waals surface area contributed by atoms with Crippen LogP contribution in [0.1, 0.15) is 47.5 Å². The fourth-order valence-corrected chi connectivity index (χ4v) is 2.06. The number of piperidine rings is 1. The minimum absolute atomic E-state index is 0.0478. The summed E-state index contributed by atoms with van der Waals surface area (Å²) in [6.45, 7) is 10.4. The Morgan fingerprint density at radius 3 is 2.05 bits per heavy atom. The number of carboxylic acid groups (broad SMARTS) is 1. The van der Waals surface area contributed by atoms with Crippen LogP contribution in [0.15, 0.2) is 0 Å². The largest absolute Gasteiger partial charge is 0.481 e. The highest BCUT2D eigenvalue weighted by Gasteiger charge is 2.47. The molecule has 5 nitrogen and oxygen atoms in total. The van der Waals surface area contributed by atoms with Gasteiger partial charge < -0.3 is 15.7 Å². The van der Waals surface area contributed by atoms with Gasteiger partial charge in [0.25, 0.3) is 0 Å². The molecule has 3 N–H and O–H groups in total. The second-order valence-electron chi connectivity index (χ2n) is 6.82. The van der Waals surface area contributed by atoms with Crippen molar-refractivity contribution in [3.63, 3.8) is 0 Å². The number of rotatable bonds is 4. The van der Waals surface area contributed by atoms with Gasteiger partial charge >= 0.3 is 5.97 Å². The lowest BCUT2D eigenvalue weighted by molar-refractivity contribution is -0.152. The van der Waals surface area contributed by atoms with Gasteiger partial charge in [-0.05, 0) is 53.6 Å². The average Bonchev–Trinajstić information content (AvgIpc) is 2.28. The van der Waals surface area contributed by atoms with Crippen LogP contribution >= 0.6 is 0 Å². The van der Waals surface area contributed by atoms with Crippen molar-refractivity contribution in [1.82, 2.24) is 10.6 Å². The van der Waals surface area contributed by atoms with Crippen molar-refractivity contribution < 1.29 is 14.7 Å². The van der Waals surface area contributed by atoms with Crippen LogP contribution in [0, 0.1) is 10.8 Å². The Labute approximate surface area is 115 Å². The Hall–Kier alpha value is -1.10. The summed E-state index contributed by atoms with van der Waals surface area (Å²) in [6, 6.07) is 0. The van der Waals surface area contributed by atoms with E-state index in [4.69, 9.17) is 0 Å². The summed E-state index contributed by atoms with van der Waals surface area (Å²) < 4.78 is 0. The van der Waals surface area contributed by atoms with Crippen molar-refractivity contribution in [1.29, 1.82) is 0 Å². The van der Waals surface area contributed by atoms with Gasteiger partial charge in [0.05, 0.1) is 5.41 Å². The van der Waals surface area contributed by atoms with Crippen LogP contribution < -0.4 is 10.6 Å². The summed E-state index contributed by atoms with van der Waals surface area (Å²) in [7, 11) is 0. The monoisotopic (exact) mass is 270 g/mol. The SMILES string of the molecule is CC1(C(=O)NC(C)(C)C(C)(C)C(=O)O)CCNCC1. The van der Waals surface area contributed by atoms with Gasteiger partial charge in [-0.3, -0.25) is 9.59 Å². The zero-order valence-corrected chi connectivity index (χ0v) is 12.6. The van der Waals surface area contributed by atoms with E-state index in [-0.39, 0.29) is 5.91 Å². The predicted octanol–water partition coefficient (Wildman–Crippen LogP) is 1.38. The molecule has 1 aliphatic heterocycles. The first kappa shape index (κ1) is 16.0. The molecule has 0 aromatic carbocycles. The van der Waals surface area contributed by atoms with Crippen molar-refractivity contribution in [2.75, 3.05) is 13.1 Å². The second-order valence-corrected chi connectivity index (χ2v) is 6.82. The summed E-state index contributed by atoms with van der Waals surface area (Å²) in [5, 5.41) is 15.5. The van der Waals surface area contributed by atoms with Gasteiger partial charge in [0, 0.05) is 11.0 Å². The topological polar surface area (TPSA) is 78.4 Å². The van der Waals surface area contributed by atoms with Crippen LogP contribution in [0.3, 0.4) is 0 Å². The molecule has 1 rings (SSSR count). The van der Waals surface area contributed by atoms with Gasteiger partial charge in [0.2, 0.25) is 5.91 Å². The average molecular weight is 270 g/mol. The molecule has 0 bridgehead atoms. The molecule has 0 aromatic rings. The molecule has 19 heavy (non-hydrogen) atoms. The number of aliphatic carboxylic acids is 1. The minimum atomic E-state index is -1.02. The molecule has 110 valence electrons. The fraction of sp³-hybridized carbons (Fsp3) is 0.857. The lowest BCUT2D eigenvalue weighted by Crippen LogP contribution is -2.60. The zero-order valence-electron chi connectivity index (χ0n) is 12.6. The van der Waals surface area contributed by atoms with Crippen molar-refractivity contribution >= 4 is 11.9 Å². The molecule has 0 aromatic heterocycles. The van der Waals surface area contributed by atoms with Crippen LogP contribution in [0.2, 0.25) is 0 Å². The fourth-order valence-electron chi connectivity index (χ4n) is 2.06. The smallest absolute Gasteiger partial charge is 0.311 e. The second kappa shape index (κ2) is 5.12. The van der Waals surface area contributed by atoms with Gasteiger partial charge in [-0.25, -0.2) is 0 Å². The van der Waals surface area contributed by atoms with E-state index in [1.165, 1.54) is 0 Å². The van der Waals surface area contributed by atoms with Crippen molar-refractivity contribution in [2.24, 2.45) is 10.8 Å². The van der Waals surface area contributed by atoms with Crippen molar-refractivity contribution in [3.8, 4) is 0 Å². The third-order valence-corrected chi connectivity index (χ3v) is 4.78. The van der Waals surface area contributed by atoms with E-state index in [0.29, 0.717) is 0 Å². The molecule has 1 aliphatic rings. The van der Waals surface area contributed by atoms with E-state index in [9.17, 15) is 14.7 Å². The molecule has 0 atom stereocenters. The maximum Gasteiger partial charge on any atom is 0.311 e. The molecule has 0 saturated carbocycles. The molecular weight excluding hydrogens is 244 g/mol. The molecule has 1 amide bonds. The Morgan fingerprint density at radius 2 is 1.63 bits per heavy atom. The van der Waals surface area contributed by atoms with Crippen molar-refractivity contribution in [2.45, 2.75) is 53.0 Å². The maximum absolute atomic E-state index is 12.5. The van der Waals surface area contributed by atoms with Gasteiger partial charge in [-0.2, -0.15) is 0 Å². The summed E-state index contributed by atoms with van der Waals surface area (Å²) in [5.41, 5.74) is -2.23. The highest BCUT2D eigenvalue weighted by molar-refractivity contribution is 5.84. The van der Waals surface area contributed by atoms with Crippen LogP contribution in [0.4, 0.5) is 0 Å². The van der Waals surface area contributed by atoms with Crippen LogP contribution in [0.25, 0.3) is 0 Å². The molecular formula is C14H26N2O3. The van der Waals surface area contributed by atoms with Crippen LogP contribution in [0.5, 0.6) is 0 Å². The number of hydrogen-bond donors (Lipinski definition) is 3. The molecule has 0 aliphatic carbocycles. The molecule has 1 heterocycles. The lowest BCUT2D eigenvalue weighted by Gasteiger charge is -2.42. The van der Waals surface area contributed by atoms with E-state index >= 15 is 0 Å². The Balaban J connectivity index is 2.83. The minimum Gasteiger partial charge on any atom is -0.481 e. The normalized spacial score (nSPS) is 19.8. The number of hydrogen-bond acceptors (Lipinski definition) is 3. The van der Waals surface area contributed by atoms with Crippen LogP contribution in [-0.4, -0.2) is 35.6 Å². The summed E-state index contributed by atoms with van der Waals surface area (Å²) >= 11 is 0. The zero-order chi connectivity index (χ0) is 14.9. The summed E-state index contributed by atoms with van der Waals surface area (Å²) in [5.74, 6) is -0.957. The van der Waals surface area contributed by atoms with Crippen molar-refractivity contribution in [3.05, 3.63) is 0 Å². The first-order chi connectivity index (χ1) is 8.53. The van der Waals surface area contributed by atoms with E-state index in [1.807, 2.05) is 6.92 Å². The quantitative estimate of drug-likeness (QED) is 0.721. The number of nitrogens with one attached hydrogen (secondary N) is 2. The van der Waals surface area contributed by atoms with Crippen LogP contribution in [-0.2, 0) is 9.59 Å². The Morgan fingerprint density at radius 1 is 1.16 bits per heavy atom. The van der Waals surface area contributed by atoms with E-state index in [1.54, 1.807) is 27.7 Å². The highest BCUT2D eigenvalue weighted by atomic mass is 16.4. The number of amides is 1. The third-order valence-electron chi connectivity index (χ3n) is 4.78. The van der Waals surface area contributed by atoms with E-state index in [0.717, 1.165) is 25.9 Å². The molecule has 0 unspecified atom stereocenters. The summed E-state index contributed by atoms with van der Waals surface area (Å²) in [4.78, 5) is 23.8. The summed E-state index contributed by atoms with van der Waals surface area (Å²) in [6.07, 6.45) is 1.56. The molecule has 0 radical (unpaired) electrons. The molecule has 1 saturated heterocycles. The first-order valence-corrected chi connectivity index (χ1v) is 6.80. The van der Waals surface area contributed by atoms with Gasteiger partial charge in [0.1, 0.15) is 0 Å². The molecule has 0 spiro atoms. The van der Waals surface area contributed by atoms with E-state index in [2.05, 4.69) is 10.6 Å². The Kier molecular flexibility index (Phi) is 4.30. The predicted molar refractivity (Wildman–Crippen MR) is 73.8 cm³/mol. The lowest BCUT2D eigenvalue weighted by atomic mass is 9.72. The van der Waals surface area contributed by atoms with Gasteiger partial charge in [0.15, 0.2) is 0 Å². The number of carboxylic acids is 1. The standard InChI is InChI=1S/C14H26N2O3/c1-12(2,11(18)19)13(3,4)16-10(17)14(5)6-8-15-9-7-14/h15H,6-9H2,1-5H3,(H,16,17)(H,18,19). The number of carbonyl (C=O) groups is 2. The highest BCUT2D eigenvalue weighted by Crippen LogP contribution is 2.34. The van der Waals surface area contributed by atoms with Gasteiger partial charge in [-0.15, -0.1) is 0 Å². The first-order valence-electron chi connectivity index (χ1n) is 6.80. The molecule has 5 heteroatoms. The molecule has 1 fully saturated rings. The third kappa shape index (κ3) is 3.08. The van der Waals surface area contributed by atoms with Gasteiger partial charge in [-0.1, -0.05) is 6.92 Å². The number of carbonyl (C=O) groups excluding carboxylic acids is 1. The van der Waals surface area contributed by atoms with E-state index < -0.39 is 22.3 Å².